The Kier molecular flexibility index (Phi) is 3.55. The molecular weight excluding hydrogens is 298 g/mol. The van der Waals surface area contributed by atoms with Crippen molar-refractivity contribution in [2.24, 2.45) is 0 Å². The number of fused-ring (bicyclic) bond motifs is 1. The summed E-state index contributed by atoms with van der Waals surface area (Å²) in [5, 5.41) is 9.06. The van der Waals surface area contributed by atoms with Gasteiger partial charge in [-0.05, 0) is 25.0 Å². The monoisotopic (exact) mass is 315 g/mol. The van der Waals surface area contributed by atoms with E-state index in [1.54, 1.807) is 30.3 Å². The van der Waals surface area contributed by atoms with E-state index in [1.807, 2.05) is 13.8 Å². The molecule has 0 fully saturated rings. The predicted octanol–water partition coefficient (Wildman–Crippen LogP) is 2.53. The summed E-state index contributed by atoms with van der Waals surface area (Å²) in [5.41, 5.74) is -0.451. The van der Waals surface area contributed by atoms with Crippen molar-refractivity contribution in [1.29, 1.82) is 0 Å². The zero-order valence-electron chi connectivity index (χ0n) is 13.0. The van der Waals surface area contributed by atoms with Gasteiger partial charge in [0.15, 0.2) is 0 Å². The number of hydrogen-bond donors (Lipinski definition) is 2. The molecule has 0 aliphatic carbocycles. The number of carbonyl (C=O) groups excluding carboxylic acids is 2. The Morgan fingerprint density at radius 1 is 1.35 bits per heavy atom. The fourth-order valence-electron chi connectivity index (χ4n) is 2.17. The van der Waals surface area contributed by atoms with E-state index < -0.39 is 17.4 Å². The van der Waals surface area contributed by atoms with Crippen LogP contribution in [0.4, 0.5) is 11.6 Å². The number of amides is 2. The number of aromatic nitrogens is 1. The van der Waals surface area contributed by atoms with Gasteiger partial charge < -0.3 is 14.6 Å². The third-order valence-electron chi connectivity index (χ3n) is 3.67. The molecule has 1 atom stereocenters. The molecule has 1 aromatic carbocycles. The predicted molar refractivity (Wildman–Crippen MR) is 83.3 cm³/mol. The normalized spacial score (nSPS) is 19.7. The van der Waals surface area contributed by atoms with Gasteiger partial charge in [-0.25, -0.2) is 0 Å². The summed E-state index contributed by atoms with van der Waals surface area (Å²) < 4.78 is 10.7. The van der Waals surface area contributed by atoms with Gasteiger partial charge in [-0.15, -0.1) is 0 Å². The van der Waals surface area contributed by atoms with Gasteiger partial charge in [0.25, 0.3) is 17.4 Å². The molecule has 0 radical (unpaired) electrons. The van der Waals surface area contributed by atoms with Gasteiger partial charge in [-0.1, -0.05) is 31.1 Å². The second kappa shape index (κ2) is 5.42. The van der Waals surface area contributed by atoms with Crippen LogP contribution in [0.3, 0.4) is 0 Å². The van der Waals surface area contributed by atoms with Crippen LogP contribution in [0.2, 0.25) is 0 Å². The highest BCUT2D eigenvalue weighted by atomic mass is 16.5. The van der Waals surface area contributed by atoms with Crippen molar-refractivity contribution in [3.8, 4) is 5.75 Å². The average molecular weight is 315 g/mol. The minimum Gasteiger partial charge on any atom is -0.466 e. The number of nitrogens with one attached hydrogen (secondary N) is 2. The molecule has 0 bridgehead atoms. The summed E-state index contributed by atoms with van der Waals surface area (Å²) in [6, 6.07) is 8.55. The minimum absolute atomic E-state index is 0.168. The SMILES string of the molecule is CC(C)c1cc(NC(=O)C2(C)Oc3ccccc3NC2=O)on1. The van der Waals surface area contributed by atoms with E-state index >= 15 is 0 Å². The van der Waals surface area contributed by atoms with Crippen LogP contribution in [0, 0.1) is 0 Å². The molecular formula is C16H17N3O4. The Balaban J connectivity index is 1.82. The average Bonchev–Trinajstić information content (AvgIpc) is 2.97. The Hall–Kier alpha value is -2.83. The number of para-hydroxylation sites is 2. The van der Waals surface area contributed by atoms with Crippen LogP contribution in [0.1, 0.15) is 32.4 Å². The molecule has 0 saturated heterocycles. The van der Waals surface area contributed by atoms with Crippen molar-refractivity contribution in [3.05, 3.63) is 36.0 Å². The van der Waals surface area contributed by atoms with Gasteiger partial charge in [-0.2, -0.15) is 0 Å². The van der Waals surface area contributed by atoms with Crippen molar-refractivity contribution in [2.75, 3.05) is 10.6 Å². The first-order chi connectivity index (χ1) is 10.9. The van der Waals surface area contributed by atoms with Crippen LogP contribution < -0.4 is 15.4 Å². The molecule has 3 rings (SSSR count). The Morgan fingerprint density at radius 3 is 2.78 bits per heavy atom. The van der Waals surface area contributed by atoms with E-state index in [4.69, 9.17) is 9.26 Å². The van der Waals surface area contributed by atoms with Crippen LogP contribution in [0.15, 0.2) is 34.9 Å². The van der Waals surface area contributed by atoms with E-state index in [2.05, 4.69) is 15.8 Å². The standard InChI is InChI=1S/C16H17N3O4/c1-9(2)11-8-13(23-19-11)18-15(21)16(3)14(20)17-10-6-4-5-7-12(10)22-16/h4-9H,1-3H3,(H,17,20)(H,18,21). The highest BCUT2D eigenvalue weighted by Crippen LogP contribution is 2.33. The van der Waals surface area contributed by atoms with Crippen LogP contribution in [0.25, 0.3) is 0 Å². The summed E-state index contributed by atoms with van der Waals surface area (Å²) in [4.78, 5) is 24.8. The first kappa shape index (κ1) is 15.1. The van der Waals surface area contributed by atoms with Crippen LogP contribution in [0.5, 0.6) is 5.75 Å². The molecule has 2 heterocycles. The molecule has 7 nitrogen and oxygen atoms in total. The Bertz CT molecular complexity index is 768. The van der Waals surface area contributed by atoms with Gasteiger partial charge in [0.1, 0.15) is 5.75 Å². The fourth-order valence-corrected chi connectivity index (χ4v) is 2.17. The maximum atomic E-state index is 12.5. The smallest absolute Gasteiger partial charge is 0.280 e. The van der Waals surface area contributed by atoms with E-state index in [0.717, 1.165) is 0 Å². The zero-order chi connectivity index (χ0) is 16.6. The lowest BCUT2D eigenvalue weighted by Gasteiger charge is -2.32. The minimum atomic E-state index is -1.70. The molecule has 120 valence electrons. The van der Waals surface area contributed by atoms with Crippen LogP contribution in [-0.4, -0.2) is 22.6 Å². The Morgan fingerprint density at radius 2 is 2.09 bits per heavy atom. The second-order valence-corrected chi connectivity index (χ2v) is 5.81. The molecule has 1 aromatic heterocycles. The zero-order valence-corrected chi connectivity index (χ0v) is 13.0. The first-order valence-electron chi connectivity index (χ1n) is 7.27. The molecule has 2 amide bonds. The molecule has 23 heavy (non-hydrogen) atoms. The van der Waals surface area contributed by atoms with Crippen molar-refractivity contribution in [3.63, 3.8) is 0 Å². The Labute approximate surface area is 133 Å². The molecule has 1 unspecified atom stereocenters. The molecule has 1 aliphatic rings. The van der Waals surface area contributed by atoms with Crippen molar-refractivity contribution >= 4 is 23.4 Å². The van der Waals surface area contributed by atoms with Gasteiger partial charge >= 0.3 is 0 Å². The maximum absolute atomic E-state index is 12.5. The highest BCUT2D eigenvalue weighted by molar-refractivity contribution is 6.18. The number of anilines is 2. The summed E-state index contributed by atoms with van der Waals surface area (Å²) in [6.07, 6.45) is 0. The fraction of sp³-hybridized carbons (Fsp3) is 0.312. The van der Waals surface area contributed by atoms with Crippen LogP contribution in [-0.2, 0) is 9.59 Å². The molecule has 0 spiro atoms. The molecule has 2 N–H and O–H groups in total. The molecule has 2 aromatic rings. The lowest BCUT2D eigenvalue weighted by molar-refractivity contribution is -0.143. The number of nitrogens with zero attached hydrogens (tertiary/aromatic N) is 1. The van der Waals surface area contributed by atoms with Gasteiger partial charge in [-0.3, -0.25) is 14.9 Å². The molecule has 1 aliphatic heterocycles. The third kappa shape index (κ3) is 2.65. The number of rotatable bonds is 3. The van der Waals surface area contributed by atoms with Crippen molar-refractivity contribution in [1.82, 2.24) is 5.16 Å². The van der Waals surface area contributed by atoms with E-state index in [0.29, 0.717) is 17.1 Å². The highest BCUT2D eigenvalue weighted by Gasteiger charge is 2.47. The number of ether oxygens (including phenoxy) is 1. The quantitative estimate of drug-likeness (QED) is 0.849. The van der Waals surface area contributed by atoms with Crippen molar-refractivity contribution in [2.45, 2.75) is 32.3 Å². The maximum Gasteiger partial charge on any atom is 0.280 e. The summed E-state index contributed by atoms with van der Waals surface area (Å²) >= 11 is 0. The van der Waals surface area contributed by atoms with Crippen LogP contribution >= 0.6 is 0 Å². The lowest BCUT2D eigenvalue weighted by Crippen LogP contribution is -2.56. The van der Waals surface area contributed by atoms with Crippen molar-refractivity contribution < 1.29 is 18.8 Å². The number of benzene rings is 1. The molecule has 0 saturated carbocycles. The third-order valence-corrected chi connectivity index (χ3v) is 3.67. The number of hydrogen-bond acceptors (Lipinski definition) is 5. The second-order valence-electron chi connectivity index (χ2n) is 5.81. The van der Waals surface area contributed by atoms with E-state index in [-0.39, 0.29) is 11.8 Å². The summed E-state index contributed by atoms with van der Waals surface area (Å²) in [7, 11) is 0. The van der Waals surface area contributed by atoms with Gasteiger partial charge in [0, 0.05) is 6.07 Å². The van der Waals surface area contributed by atoms with Gasteiger partial charge in [0.2, 0.25) is 5.88 Å². The topological polar surface area (TPSA) is 93.5 Å². The lowest BCUT2D eigenvalue weighted by atomic mass is 10.0. The summed E-state index contributed by atoms with van der Waals surface area (Å²) in [5.74, 6) is -0.394. The van der Waals surface area contributed by atoms with Gasteiger partial charge in [0.05, 0.1) is 11.4 Å². The largest absolute Gasteiger partial charge is 0.466 e. The molecule has 7 heteroatoms. The first-order valence-corrected chi connectivity index (χ1v) is 7.27. The van der Waals surface area contributed by atoms with E-state index in [9.17, 15) is 9.59 Å². The number of carbonyl (C=O) groups is 2. The summed E-state index contributed by atoms with van der Waals surface area (Å²) in [6.45, 7) is 5.33. The van der Waals surface area contributed by atoms with E-state index in [1.165, 1.54) is 6.92 Å².